The van der Waals surface area contributed by atoms with E-state index in [1.165, 1.54) is 12.1 Å². The number of carbonyl (C=O) groups excluding carboxylic acids is 1. The molecule has 0 spiro atoms. The van der Waals surface area contributed by atoms with Crippen LogP contribution >= 0.6 is 24.0 Å². The van der Waals surface area contributed by atoms with Crippen LogP contribution in [0.2, 0.25) is 0 Å². The number of carbonyl (C=O) groups is 1. The molecule has 1 aromatic heterocycles. The normalized spacial score (nSPS) is 11.5. The van der Waals surface area contributed by atoms with E-state index >= 15 is 0 Å². The van der Waals surface area contributed by atoms with Gasteiger partial charge in [-0.2, -0.15) is 18.4 Å². The highest BCUT2D eigenvalue weighted by atomic mass is 32.2. The van der Waals surface area contributed by atoms with Gasteiger partial charge < -0.3 is 20.1 Å². The lowest BCUT2D eigenvalue weighted by Gasteiger charge is -2.35. The number of nitrogens with one attached hydrogen (secondary N) is 2. The van der Waals surface area contributed by atoms with Gasteiger partial charge >= 0.3 is 6.18 Å². The molecule has 0 aliphatic rings. The molecule has 4 aromatic rings. The van der Waals surface area contributed by atoms with E-state index in [4.69, 9.17) is 17.5 Å². The van der Waals surface area contributed by atoms with Gasteiger partial charge in [0.05, 0.1) is 35.5 Å². The Bertz CT molecular complexity index is 1660. The standard InChI is InChI=1S/C33H33F3N6OS2/c1-32(2,40-30(43)16-27-18-38-22-42(27)19-24-10-8-23(17-37)9-11-24)21-41(20-25-6-4-5-7-29(25)33(34,35)36)31(44)39-26-12-14-28(45-3)15-13-26/h4-15,18,22H,16,19-21H2,1-3H3,(H,39,44)(H,40,43). The summed E-state index contributed by atoms with van der Waals surface area (Å²) in [6.45, 7) is 4.09. The van der Waals surface area contributed by atoms with E-state index in [0.717, 1.165) is 16.5 Å². The number of halogens is 3. The zero-order valence-corrected chi connectivity index (χ0v) is 26.7. The Kier molecular flexibility index (Phi) is 10.9. The molecule has 45 heavy (non-hydrogen) atoms. The van der Waals surface area contributed by atoms with Crippen molar-refractivity contribution in [3.63, 3.8) is 0 Å². The predicted molar refractivity (Wildman–Crippen MR) is 175 cm³/mol. The second kappa shape index (κ2) is 14.6. The van der Waals surface area contributed by atoms with Gasteiger partial charge in [-0.1, -0.05) is 30.3 Å². The number of hydrogen-bond acceptors (Lipinski definition) is 5. The molecule has 0 radical (unpaired) electrons. The Hall–Kier alpha value is -4.34. The summed E-state index contributed by atoms with van der Waals surface area (Å²) in [5.74, 6) is -0.274. The number of amides is 1. The molecule has 0 aliphatic heterocycles. The van der Waals surface area contributed by atoms with Crippen molar-refractivity contribution in [2.75, 3.05) is 18.1 Å². The lowest BCUT2D eigenvalue weighted by molar-refractivity contribution is -0.138. The van der Waals surface area contributed by atoms with Crippen molar-refractivity contribution in [2.24, 2.45) is 0 Å². The molecule has 0 saturated heterocycles. The quantitative estimate of drug-likeness (QED) is 0.135. The van der Waals surface area contributed by atoms with Gasteiger partial charge in [-0.25, -0.2) is 4.98 Å². The molecule has 0 saturated carbocycles. The number of nitriles is 1. The molecule has 0 aliphatic carbocycles. The van der Waals surface area contributed by atoms with Gasteiger partial charge in [-0.3, -0.25) is 4.79 Å². The van der Waals surface area contributed by atoms with Crippen molar-refractivity contribution in [3.8, 4) is 6.07 Å². The second-order valence-electron chi connectivity index (χ2n) is 11.1. The van der Waals surface area contributed by atoms with Gasteiger partial charge in [0.1, 0.15) is 0 Å². The molecule has 4 rings (SSSR count). The molecular formula is C33H33F3N6OS2. The Morgan fingerprint density at radius 1 is 1.07 bits per heavy atom. The van der Waals surface area contributed by atoms with E-state index in [1.807, 2.05) is 47.2 Å². The van der Waals surface area contributed by atoms with Crippen LogP contribution in [0.5, 0.6) is 0 Å². The summed E-state index contributed by atoms with van der Waals surface area (Å²) in [6.07, 6.45) is 0.739. The first-order valence-corrected chi connectivity index (χ1v) is 15.6. The van der Waals surface area contributed by atoms with Gasteiger partial charge in [0.15, 0.2) is 5.11 Å². The molecule has 234 valence electrons. The fourth-order valence-electron chi connectivity index (χ4n) is 4.84. The lowest BCUT2D eigenvalue weighted by atomic mass is 10.0. The number of alkyl halides is 3. The third-order valence-corrected chi connectivity index (χ3v) is 8.06. The van der Waals surface area contributed by atoms with Crippen molar-refractivity contribution in [1.82, 2.24) is 19.8 Å². The summed E-state index contributed by atoms with van der Waals surface area (Å²) in [5.41, 5.74) is 1.36. The molecule has 12 heteroatoms. The highest BCUT2D eigenvalue weighted by Crippen LogP contribution is 2.32. The monoisotopic (exact) mass is 650 g/mol. The predicted octanol–water partition coefficient (Wildman–Crippen LogP) is 6.88. The van der Waals surface area contributed by atoms with Crippen LogP contribution in [0.4, 0.5) is 18.9 Å². The van der Waals surface area contributed by atoms with Crippen LogP contribution in [0.15, 0.2) is 90.2 Å². The van der Waals surface area contributed by atoms with E-state index in [1.54, 1.807) is 61.2 Å². The summed E-state index contributed by atoms with van der Waals surface area (Å²) < 4.78 is 43.5. The molecule has 0 bridgehead atoms. The number of thioether (sulfide) groups is 1. The van der Waals surface area contributed by atoms with Crippen molar-refractivity contribution >= 4 is 40.7 Å². The van der Waals surface area contributed by atoms with E-state index in [2.05, 4.69) is 21.7 Å². The molecule has 7 nitrogen and oxygen atoms in total. The highest BCUT2D eigenvalue weighted by Gasteiger charge is 2.34. The number of imidazole rings is 1. The Morgan fingerprint density at radius 3 is 2.40 bits per heavy atom. The maximum absolute atomic E-state index is 13.9. The summed E-state index contributed by atoms with van der Waals surface area (Å²) in [6, 6.07) is 22.2. The Morgan fingerprint density at radius 2 is 1.76 bits per heavy atom. The number of aromatic nitrogens is 2. The van der Waals surface area contributed by atoms with Crippen molar-refractivity contribution < 1.29 is 18.0 Å². The maximum atomic E-state index is 13.9. The van der Waals surface area contributed by atoms with Crippen LogP contribution in [-0.4, -0.2) is 43.8 Å². The highest BCUT2D eigenvalue weighted by molar-refractivity contribution is 7.98. The molecule has 0 atom stereocenters. The zero-order valence-electron chi connectivity index (χ0n) is 25.1. The van der Waals surface area contributed by atoms with Crippen LogP contribution in [0, 0.1) is 11.3 Å². The van der Waals surface area contributed by atoms with Gasteiger partial charge in [0.25, 0.3) is 0 Å². The summed E-state index contributed by atoms with van der Waals surface area (Å²) in [7, 11) is 0. The molecule has 0 fully saturated rings. The van der Waals surface area contributed by atoms with Crippen LogP contribution in [0.25, 0.3) is 0 Å². The number of rotatable bonds is 11. The third-order valence-electron chi connectivity index (χ3n) is 6.95. The largest absolute Gasteiger partial charge is 0.416 e. The van der Waals surface area contributed by atoms with Crippen molar-refractivity contribution in [1.29, 1.82) is 5.26 Å². The first-order chi connectivity index (χ1) is 21.4. The summed E-state index contributed by atoms with van der Waals surface area (Å²) in [4.78, 5) is 20.2. The SMILES string of the molecule is CSc1ccc(NC(=S)N(Cc2ccccc2C(F)(F)F)CC(C)(C)NC(=O)Cc2cncn2Cc2ccc(C#N)cc2)cc1. The third kappa shape index (κ3) is 9.57. The lowest BCUT2D eigenvalue weighted by Crippen LogP contribution is -2.53. The summed E-state index contributed by atoms with van der Waals surface area (Å²) in [5, 5.41) is 15.4. The second-order valence-corrected chi connectivity index (χ2v) is 12.4. The van der Waals surface area contributed by atoms with Crippen LogP contribution in [0.3, 0.4) is 0 Å². The molecule has 3 aromatic carbocycles. The molecular weight excluding hydrogens is 618 g/mol. The fourth-order valence-corrected chi connectivity index (χ4v) is 5.49. The van der Waals surface area contributed by atoms with Crippen LogP contribution in [-0.2, 0) is 30.5 Å². The minimum absolute atomic E-state index is 0.0428. The van der Waals surface area contributed by atoms with E-state index < -0.39 is 17.3 Å². The van der Waals surface area contributed by atoms with E-state index in [9.17, 15) is 18.0 Å². The van der Waals surface area contributed by atoms with Gasteiger partial charge in [-0.15, -0.1) is 11.8 Å². The topological polar surface area (TPSA) is 86.0 Å². The first kappa shape index (κ1) is 33.6. The first-order valence-electron chi connectivity index (χ1n) is 14.0. The minimum Gasteiger partial charge on any atom is -0.349 e. The number of hydrogen-bond donors (Lipinski definition) is 2. The zero-order chi connectivity index (χ0) is 32.6. The average molecular weight is 651 g/mol. The molecule has 1 amide bonds. The summed E-state index contributed by atoms with van der Waals surface area (Å²) >= 11 is 7.30. The smallest absolute Gasteiger partial charge is 0.349 e. The van der Waals surface area contributed by atoms with Crippen molar-refractivity contribution in [2.45, 2.75) is 50.0 Å². The number of anilines is 1. The van der Waals surface area contributed by atoms with Crippen LogP contribution in [0.1, 0.15) is 41.8 Å². The Balaban J connectivity index is 1.49. The Labute approximate surface area is 270 Å². The maximum Gasteiger partial charge on any atom is 0.416 e. The van der Waals surface area contributed by atoms with Gasteiger partial charge in [-0.05, 0) is 85.9 Å². The fraction of sp³-hybridized carbons (Fsp3) is 0.273. The van der Waals surface area contributed by atoms with Gasteiger partial charge in [0.2, 0.25) is 5.91 Å². The minimum atomic E-state index is -4.53. The van der Waals surface area contributed by atoms with E-state index in [0.29, 0.717) is 23.5 Å². The average Bonchev–Trinajstić information content (AvgIpc) is 3.42. The molecule has 2 N–H and O–H groups in total. The number of nitrogens with zero attached hydrogens (tertiary/aromatic N) is 4. The number of benzene rings is 3. The number of thiocarbonyl (C=S) groups is 1. The van der Waals surface area contributed by atoms with Gasteiger partial charge in [0, 0.05) is 42.1 Å². The van der Waals surface area contributed by atoms with Crippen molar-refractivity contribution in [3.05, 3.63) is 113 Å². The van der Waals surface area contributed by atoms with E-state index in [-0.39, 0.29) is 36.1 Å². The molecule has 1 heterocycles. The van der Waals surface area contributed by atoms with Crippen LogP contribution < -0.4 is 10.6 Å². The molecule has 0 unspecified atom stereocenters.